The van der Waals surface area contributed by atoms with Crippen molar-refractivity contribution in [3.8, 4) is 0 Å². The SMILES string of the molecule is CN1CCN(/C=C/S(=O)(=O)NC(=O)Nc2c3c(cc4c2CCC4)CCC3)CC1. The first kappa shape index (κ1) is 19.3. The number of carbonyl (C=O) groups is 1. The maximum atomic E-state index is 12.5. The molecule has 2 aliphatic carbocycles. The molecule has 1 aliphatic heterocycles. The van der Waals surface area contributed by atoms with Crippen molar-refractivity contribution in [3.63, 3.8) is 0 Å². The fourth-order valence-corrected chi connectivity index (χ4v) is 5.12. The summed E-state index contributed by atoms with van der Waals surface area (Å²) in [4.78, 5) is 16.6. The number of urea groups is 1. The first-order valence-electron chi connectivity index (χ1n) is 10.0. The predicted octanol–water partition coefficient (Wildman–Crippen LogP) is 1.83. The van der Waals surface area contributed by atoms with Crippen LogP contribution in [0.2, 0.25) is 0 Å². The highest BCUT2D eigenvalue weighted by molar-refractivity contribution is 7.92. The van der Waals surface area contributed by atoms with E-state index in [2.05, 4.69) is 21.0 Å². The van der Waals surface area contributed by atoms with E-state index >= 15 is 0 Å². The van der Waals surface area contributed by atoms with Crippen molar-refractivity contribution in [1.82, 2.24) is 14.5 Å². The number of benzene rings is 1. The summed E-state index contributed by atoms with van der Waals surface area (Å²) >= 11 is 0. The van der Waals surface area contributed by atoms with E-state index in [0.29, 0.717) is 0 Å². The highest BCUT2D eigenvalue weighted by atomic mass is 32.2. The number of rotatable bonds is 4. The molecule has 0 bridgehead atoms. The zero-order valence-electron chi connectivity index (χ0n) is 16.3. The topological polar surface area (TPSA) is 81.8 Å². The molecule has 1 heterocycles. The number of fused-ring (bicyclic) bond motifs is 2. The van der Waals surface area contributed by atoms with Gasteiger partial charge in [0, 0.05) is 38.1 Å². The van der Waals surface area contributed by atoms with Gasteiger partial charge in [-0.2, -0.15) is 0 Å². The van der Waals surface area contributed by atoms with Gasteiger partial charge in [-0.05, 0) is 67.8 Å². The van der Waals surface area contributed by atoms with Crippen LogP contribution in [-0.2, 0) is 35.7 Å². The standard InChI is InChI=1S/C20H28N4O3S/c1-23-8-10-24(11-9-23)12-13-28(26,27)22-20(25)21-19-17-6-2-4-15(17)14-16-5-3-7-18(16)19/h12-14H,2-11H2,1H3,(H2,21,22,25)/b13-12+. The monoisotopic (exact) mass is 404 g/mol. The van der Waals surface area contributed by atoms with Gasteiger partial charge in [0.05, 0.1) is 5.41 Å². The Morgan fingerprint density at radius 1 is 1.00 bits per heavy atom. The van der Waals surface area contributed by atoms with Crippen LogP contribution in [0.15, 0.2) is 17.7 Å². The van der Waals surface area contributed by atoms with Gasteiger partial charge in [-0.1, -0.05) is 6.07 Å². The number of nitrogens with one attached hydrogen (secondary N) is 2. The van der Waals surface area contributed by atoms with Crippen LogP contribution >= 0.6 is 0 Å². The Hall–Kier alpha value is -2.06. The van der Waals surface area contributed by atoms with Crippen molar-refractivity contribution < 1.29 is 13.2 Å². The lowest BCUT2D eigenvalue weighted by atomic mass is 9.99. The van der Waals surface area contributed by atoms with E-state index < -0.39 is 16.1 Å². The van der Waals surface area contributed by atoms with Gasteiger partial charge in [0.1, 0.15) is 0 Å². The molecule has 0 atom stereocenters. The molecule has 0 unspecified atom stereocenters. The van der Waals surface area contributed by atoms with Crippen LogP contribution in [-0.4, -0.2) is 57.5 Å². The fourth-order valence-electron chi connectivity index (χ4n) is 4.41. The number of sulfonamides is 1. The minimum atomic E-state index is -3.84. The largest absolute Gasteiger partial charge is 0.374 e. The van der Waals surface area contributed by atoms with E-state index in [4.69, 9.17) is 0 Å². The number of carbonyl (C=O) groups excluding carboxylic acids is 1. The van der Waals surface area contributed by atoms with Gasteiger partial charge in [-0.25, -0.2) is 17.9 Å². The number of anilines is 1. The van der Waals surface area contributed by atoms with Crippen molar-refractivity contribution in [2.75, 3.05) is 38.5 Å². The molecule has 0 spiro atoms. The third-order valence-electron chi connectivity index (χ3n) is 5.94. The smallest absolute Gasteiger partial charge is 0.333 e. The van der Waals surface area contributed by atoms with Crippen LogP contribution in [0, 0.1) is 0 Å². The van der Waals surface area contributed by atoms with Crippen LogP contribution in [0.4, 0.5) is 10.5 Å². The third kappa shape index (κ3) is 4.17. The number of hydrogen-bond acceptors (Lipinski definition) is 5. The average Bonchev–Trinajstić information content (AvgIpc) is 3.29. The fraction of sp³-hybridized carbons (Fsp3) is 0.550. The van der Waals surface area contributed by atoms with Crippen molar-refractivity contribution in [2.24, 2.45) is 0 Å². The van der Waals surface area contributed by atoms with Gasteiger partial charge in [0.15, 0.2) is 0 Å². The molecule has 28 heavy (non-hydrogen) atoms. The predicted molar refractivity (Wildman–Crippen MR) is 110 cm³/mol. The number of piperazine rings is 1. The molecule has 2 amide bonds. The molecule has 152 valence electrons. The lowest BCUT2D eigenvalue weighted by Crippen LogP contribution is -2.42. The molecule has 0 aromatic heterocycles. The van der Waals surface area contributed by atoms with Gasteiger partial charge in [-0.3, -0.25) is 0 Å². The van der Waals surface area contributed by atoms with Gasteiger partial charge < -0.3 is 15.1 Å². The number of hydrogen-bond donors (Lipinski definition) is 2. The molecule has 3 aliphatic rings. The molecule has 0 saturated carbocycles. The molecule has 1 saturated heterocycles. The summed E-state index contributed by atoms with van der Waals surface area (Å²) in [5.41, 5.74) is 5.81. The highest BCUT2D eigenvalue weighted by Gasteiger charge is 2.25. The minimum absolute atomic E-state index is 0.683. The summed E-state index contributed by atoms with van der Waals surface area (Å²) in [6.07, 6.45) is 7.67. The maximum Gasteiger partial charge on any atom is 0.333 e. The zero-order valence-corrected chi connectivity index (χ0v) is 17.1. The summed E-state index contributed by atoms with van der Waals surface area (Å²) < 4.78 is 26.8. The van der Waals surface area contributed by atoms with E-state index in [9.17, 15) is 13.2 Å². The minimum Gasteiger partial charge on any atom is -0.374 e. The summed E-state index contributed by atoms with van der Waals surface area (Å²) in [5, 5.41) is 3.94. The summed E-state index contributed by atoms with van der Waals surface area (Å²) in [5.74, 6) is 0. The van der Waals surface area contributed by atoms with Gasteiger partial charge in [0.25, 0.3) is 10.0 Å². The Kier molecular flexibility index (Phi) is 5.33. The Balaban J connectivity index is 1.43. The quantitative estimate of drug-likeness (QED) is 0.800. The molecule has 2 N–H and O–H groups in total. The zero-order chi connectivity index (χ0) is 19.7. The van der Waals surface area contributed by atoms with Crippen LogP contribution in [0.3, 0.4) is 0 Å². The molecule has 4 rings (SSSR count). The normalized spacial score (nSPS) is 19.7. The van der Waals surface area contributed by atoms with Crippen LogP contribution < -0.4 is 10.0 Å². The van der Waals surface area contributed by atoms with E-state index in [-0.39, 0.29) is 0 Å². The molecule has 7 nitrogen and oxygen atoms in total. The van der Waals surface area contributed by atoms with E-state index in [0.717, 1.165) is 75.8 Å². The van der Waals surface area contributed by atoms with E-state index in [1.807, 2.05) is 11.9 Å². The Morgan fingerprint density at radius 2 is 1.61 bits per heavy atom. The highest BCUT2D eigenvalue weighted by Crippen LogP contribution is 2.38. The van der Waals surface area contributed by atoms with Gasteiger partial charge >= 0.3 is 6.03 Å². The van der Waals surface area contributed by atoms with Crippen LogP contribution in [0.1, 0.15) is 35.1 Å². The number of nitrogens with zero attached hydrogens (tertiary/aromatic N) is 2. The van der Waals surface area contributed by atoms with Crippen molar-refractivity contribution >= 4 is 21.7 Å². The van der Waals surface area contributed by atoms with Crippen LogP contribution in [0.5, 0.6) is 0 Å². The first-order valence-corrected chi connectivity index (χ1v) is 11.6. The van der Waals surface area contributed by atoms with Crippen molar-refractivity contribution in [3.05, 3.63) is 39.9 Å². The second kappa shape index (κ2) is 7.75. The van der Waals surface area contributed by atoms with Gasteiger partial charge in [-0.15, -0.1) is 0 Å². The number of likely N-dealkylation sites (N-methyl/N-ethyl adjacent to an activating group) is 1. The summed E-state index contributed by atoms with van der Waals surface area (Å²) in [6.45, 7) is 3.33. The molecule has 1 fully saturated rings. The second-order valence-corrected chi connectivity index (χ2v) is 9.53. The maximum absolute atomic E-state index is 12.5. The summed E-state index contributed by atoms with van der Waals surface area (Å²) in [7, 11) is -1.80. The Bertz CT molecular complexity index is 870. The van der Waals surface area contributed by atoms with Crippen LogP contribution in [0.25, 0.3) is 0 Å². The Morgan fingerprint density at radius 3 is 2.21 bits per heavy atom. The molecule has 1 aromatic carbocycles. The van der Waals surface area contributed by atoms with Crippen molar-refractivity contribution in [2.45, 2.75) is 38.5 Å². The summed E-state index contributed by atoms with van der Waals surface area (Å²) in [6, 6.07) is 1.60. The molecular weight excluding hydrogens is 376 g/mol. The molecule has 8 heteroatoms. The number of aryl methyl sites for hydroxylation is 2. The lowest BCUT2D eigenvalue weighted by molar-refractivity contribution is 0.198. The first-order chi connectivity index (χ1) is 13.4. The van der Waals surface area contributed by atoms with E-state index in [1.165, 1.54) is 22.3 Å². The lowest BCUT2D eigenvalue weighted by Gasteiger charge is -2.31. The third-order valence-corrected chi connectivity index (χ3v) is 6.89. The Labute approximate surface area is 166 Å². The molecule has 1 aromatic rings. The molecule has 0 radical (unpaired) electrons. The second-order valence-electron chi connectivity index (χ2n) is 7.96. The molecular formula is C20H28N4O3S. The van der Waals surface area contributed by atoms with E-state index in [1.54, 1.807) is 6.20 Å². The van der Waals surface area contributed by atoms with Gasteiger partial charge in [0.2, 0.25) is 0 Å². The average molecular weight is 405 g/mol. The van der Waals surface area contributed by atoms with Crippen molar-refractivity contribution in [1.29, 1.82) is 0 Å². The number of amides is 2.